The summed E-state index contributed by atoms with van der Waals surface area (Å²) in [5, 5.41) is 20.1. The van der Waals surface area contributed by atoms with Gasteiger partial charge in [-0.2, -0.15) is 5.10 Å². The minimum atomic E-state index is -0.442. The number of aromatic nitrogens is 6. The van der Waals surface area contributed by atoms with E-state index in [4.69, 9.17) is 14.6 Å². The molecular formula is C33H33N9O4. The van der Waals surface area contributed by atoms with Crippen molar-refractivity contribution in [1.29, 1.82) is 0 Å². The molecule has 1 aliphatic carbocycles. The number of methoxy groups -OCH3 is 2. The van der Waals surface area contributed by atoms with Gasteiger partial charge in [0.15, 0.2) is 11.6 Å². The topological polar surface area (TPSA) is 149 Å². The largest absolute Gasteiger partial charge is 0.495 e. The first-order valence-corrected chi connectivity index (χ1v) is 15.1. The van der Waals surface area contributed by atoms with E-state index < -0.39 is 5.97 Å². The number of carbonyl (C=O) groups is 2. The summed E-state index contributed by atoms with van der Waals surface area (Å²) in [5.74, 6) is 1.23. The number of ether oxygens (including phenoxy) is 2. The molecule has 2 fully saturated rings. The van der Waals surface area contributed by atoms with Crippen molar-refractivity contribution < 1.29 is 19.1 Å². The number of esters is 1. The predicted octanol–water partition coefficient (Wildman–Crippen LogP) is 4.19. The molecule has 5 heterocycles. The van der Waals surface area contributed by atoms with Gasteiger partial charge < -0.3 is 20.1 Å². The number of fused-ring (bicyclic) bond motifs is 1. The number of para-hydroxylation sites is 1. The maximum absolute atomic E-state index is 12.5. The van der Waals surface area contributed by atoms with Crippen molar-refractivity contribution in [3.8, 4) is 28.0 Å². The van der Waals surface area contributed by atoms with Crippen LogP contribution in [0.3, 0.4) is 0 Å². The Balaban J connectivity index is 1.14. The molecule has 2 N–H and O–H groups in total. The van der Waals surface area contributed by atoms with Crippen molar-refractivity contribution in [3.63, 3.8) is 0 Å². The molecule has 0 atom stereocenters. The van der Waals surface area contributed by atoms with Crippen LogP contribution in [-0.2, 0) is 16.1 Å². The van der Waals surface area contributed by atoms with Gasteiger partial charge in [-0.1, -0.05) is 24.3 Å². The maximum atomic E-state index is 12.5. The van der Waals surface area contributed by atoms with E-state index in [1.165, 1.54) is 7.11 Å². The fraction of sp³-hybridized carbons (Fsp3) is 0.303. The van der Waals surface area contributed by atoms with Gasteiger partial charge in [0.1, 0.15) is 17.0 Å². The molecule has 1 aromatic carbocycles. The van der Waals surface area contributed by atoms with Crippen molar-refractivity contribution in [2.24, 2.45) is 5.92 Å². The van der Waals surface area contributed by atoms with Gasteiger partial charge in [-0.25, -0.2) is 14.8 Å². The zero-order valence-electron chi connectivity index (χ0n) is 25.7. The van der Waals surface area contributed by atoms with E-state index in [0.717, 1.165) is 59.3 Å². The molecule has 13 nitrogen and oxygen atoms in total. The number of carbonyl (C=O) groups excluding carboxylic acids is 2. The van der Waals surface area contributed by atoms with Crippen LogP contribution < -0.4 is 15.4 Å². The van der Waals surface area contributed by atoms with Crippen LogP contribution in [0.5, 0.6) is 5.75 Å². The number of pyridine rings is 2. The van der Waals surface area contributed by atoms with Crippen molar-refractivity contribution in [2.75, 3.05) is 45.0 Å². The first kappa shape index (κ1) is 29.3. The lowest BCUT2D eigenvalue weighted by Gasteiger charge is -2.39. The van der Waals surface area contributed by atoms with Crippen LogP contribution in [0.15, 0.2) is 61.1 Å². The summed E-state index contributed by atoms with van der Waals surface area (Å²) in [5.41, 5.74) is 5.16. The minimum absolute atomic E-state index is 0.0336. The van der Waals surface area contributed by atoms with Crippen LogP contribution in [-0.4, -0.2) is 81.1 Å². The van der Waals surface area contributed by atoms with E-state index >= 15 is 0 Å². The normalized spacial score (nSPS) is 14.9. The molecule has 1 aliphatic heterocycles. The van der Waals surface area contributed by atoms with E-state index in [1.54, 1.807) is 26.4 Å². The van der Waals surface area contributed by atoms with E-state index in [0.29, 0.717) is 35.1 Å². The third-order valence-corrected chi connectivity index (χ3v) is 8.39. The van der Waals surface area contributed by atoms with Gasteiger partial charge in [0.2, 0.25) is 5.91 Å². The number of nitrogens with one attached hydrogen (secondary N) is 2. The first-order chi connectivity index (χ1) is 22.4. The van der Waals surface area contributed by atoms with Gasteiger partial charge >= 0.3 is 5.97 Å². The quantitative estimate of drug-likeness (QED) is 0.217. The van der Waals surface area contributed by atoms with Gasteiger partial charge in [0.05, 0.1) is 32.2 Å². The van der Waals surface area contributed by atoms with Crippen molar-refractivity contribution >= 4 is 34.4 Å². The van der Waals surface area contributed by atoms with Crippen LogP contribution in [0, 0.1) is 5.92 Å². The lowest BCUT2D eigenvalue weighted by molar-refractivity contribution is -0.117. The van der Waals surface area contributed by atoms with Crippen LogP contribution >= 0.6 is 0 Å². The number of benzene rings is 1. The molecule has 0 radical (unpaired) electrons. The van der Waals surface area contributed by atoms with Crippen molar-refractivity contribution in [1.82, 2.24) is 34.8 Å². The molecule has 234 valence electrons. The highest BCUT2D eigenvalue weighted by Crippen LogP contribution is 2.42. The zero-order valence-corrected chi connectivity index (χ0v) is 25.7. The summed E-state index contributed by atoms with van der Waals surface area (Å²) in [4.78, 5) is 35.6. The van der Waals surface area contributed by atoms with Gasteiger partial charge in [0, 0.05) is 72.6 Å². The Bertz CT molecular complexity index is 1950. The standard InChI is InChI=1S/C33H33N9O4/c1-34-31-29-25(12-28(39-40-29)38-32(43)19-10-11-19)26(14-35-31)24-8-5-7-23(30(24)45-2)20-13-36-42(15-20)22-17-41(18-22)16-21-6-4-9-27(37-21)33(44)46-3/h4-9,12-15,19,22H,10-11,16-18H2,1-3H3,(H,34,35)(H,38,39,43). The Morgan fingerprint density at radius 2 is 1.80 bits per heavy atom. The summed E-state index contributed by atoms with van der Waals surface area (Å²) in [6, 6.07) is 13.4. The Kier molecular flexibility index (Phi) is 7.74. The summed E-state index contributed by atoms with van der Waals surface area (Å²) in [6.07, 6.45) is 7.47. The Labute approximate surface area is 265 Å². The van der Waals surface area contributed by atoms with Gasteiger partial charge in [-0.05, 0) is 31.0 Å². The number of likely N-dealkylation sites (tertiary alicyclic amines) is 1. The van der Waals surface area contributed by atoms with E-state index in [2.05, 4.69) is 35.7 Å². The average Bonchev–Trinajstić information content (AvgIpc) is 3.82. The number of anilines is 2. The molecule has 4 aromatic heterocycles. The highest BCUT2D eigenvalue weighted by molar-refractivity contribution is 6.03. The average molecular weight is 620 g/mol. The predicted molar refractivity (Wildman–Crippen MR) is 171 cm³/mol. The van der Waals surface area contributed by atoms with Gasteiger partial charge in [0.25, 0.3) is 0 Å². The molecule has 2 aliphatic rings. The number of rotatable bonds is 10. The summed E-state index contributed by atoms with van der Waals surface area (Å²) in [7, 11) is 4.79. The molecule has 1 amide bonds. The summed E-state index contributed by atoms with van der Waals surface area (Å²) in [6.45, 7) is 2.24. The van der Waals surface area contributed by atoms with E-state index in [1.807, 2.05) is 53.5 Å². The molecule has 5 aromatic rings. The van der Waals surface area contributed by atoms with Crippen molar-refractivity contribution in [2.45, 2.75) is 25.4 Å². The summed E-state index contributed by atoms with van der Waals surface area (Å²) >= 11 is 0. The maximum Gasteiger partial charge on any atom is 0.356 e. The second kappa shape index (κ2) is 12.2. The van der Waals surface area contributed by atoms with Gasteiger partial charge in [-0.3, -0.25) is 14.4 Å². The third kappa shape index (κ3) is 5.60. The number of hydrogen-bond donors (Lipinski definition) is 2. The monoisotopic (exact) mass is 619 g/mol. The molecule has 7 rings (SSSR count). The molecule has 46 heavy (non-hydrogen) atoms. The molecule has 0 unspecified atom stereocenters. The second-order valence-corrected chi connectivity index (χ2v) is 11.5. The van der Waals surface area contributed by atoms with Crippen molar-refractivity contribution in [3.05, 3.63) is 72.4 Å². The zero-order chi connectivity index (χ0) is 31.8. The molecule has 1 saturated carbocycles. The fourth-order valence-corrected chi connectivity index (χ4v) is 5.79. The number of amides is 1. The lowest BCUT2D eigenvalue weighted by Crippen LogP contribution is -2.47. The van der Waals surface area contributed by atoms with Gasteiger partial charge in [-0.15, -0.1) is 10.2 Å². The minimum Gasteiger partial charge on any atom is -0.495 e. The Morgan fingerprint density at radius 3 is 2.57 bits per heavy atom. The van der Waals surface area contributed by atoms with Crippen LogP contribution in [0.4, 0.5) is 11.6 Å². The molecule has 13 heteroatoms. The molecular weight excluding hydrogens is 586 g/mol. The summed E-state index contributed by atoms with van der Waals surface area (Å²) < 4.78 is 12.8. The fourth-order valence-electron chi connectivity index (χ4n) is 5.79. The SMILES string of the molecule is CNc1ncc(-c2cccc(-c3cnn(C4CN(Cc5cccc(C(=O)OC)n5)C4)c3)c2OC)c2cc(NC(=O)C3CC3)nnc12. The highest BCUT2D eigenvalue weighted by Gasteiger charge is 2.31. The number of hydrogen-bond acceptors (Lipinski definition) is 11. The highest BCUT2D eigenvalue weighted by atomic mass is 16.5. The van der Waals surface area contributed by atoms with E-state index in [-0.39, 0.29) is 17.9 Å². The Morgan fingerprint density at radius 1 is 1.00 bits per heavy atom. The van der Waals surface area contributed by atoms with E-state index in [9.17, 15) is 9.59 Å². The smallest absolute Gasteiger partial charge is 0.356 e. The molecule has 0 spiro atoms. The lowest BCUT2D eigenvalue weighted by atomic mass is 9.97. The molecule has 1 saturated heterocycles. The third-order valence-electron chi connectivity index (χ3n) is 8.39. The number of nitrogens with zero attached hydrogens (tertiary/aromatic N) is 7. The van der Waals surface area contributed by atoms with Crippen LogP contribution in [0.1, 0.15) is 35.1 Å². The van der Waals surface area contributed by atoms with Crippen LogP contribution in [0.2, 0.25) is 0 Å². The molecule has 0 bridgehead atoms. The first-order valence-electron chi connectivity index (χ1n) is 15.1. The second-order valence-electron chi connectivity index (χ2n) is 11.5. The Hall–Kier alpha value is -5.43. The van der Waals surface area contributed by atoms with Crippen LogP contribution in [0.25, 0.3) is 33.2 Å².